The molecule has 0 N–H and O–H groups in total. The molecule has 0 atom stereocenters. The highest BCUT2D eigenvalue weighted by atomic mass is 19.4. The SMILES string of the molecule is COc1cccc2nc(C(F)(F)F)nc(C(=O)c3ccccn3)c12. The molecule has 2 aromatic heterocycles. The van der Waals surface area contributed by atoms with Gasteiger partial charge in [-0.25, -0.2) is 9.97 Å². The number of nitrogens with zero attached hydrogens (tertiary/aromatic N) is 3. The Labute approximate surface area is 134 Å². The monoisotopic (exact) mass is 333 g/mol. The summed E-state index contributed by atoms with van der Waals surface area (Å²) < 4.78 is 44.3. The standard InChI is InChI=1S/C16H10F3N3O2/c1-24-11-7-4-6-9-12(11)13(22-15(21-9)16(17,18)19)14(23)10-5-2-3-8-20-10/h2-8H,1H3. The Hall–Kier alpha value is -3.03. The van der Waals surface area contributed by atoms with Crippen LogP contribution in [0.1, 0.15) is 22.0 Å². The summed E-state index contributed by atoms with van der Waals surface area (Å²) in [6.45, 7) is 0. The molecule has 3 rings (SSSR count). The molecule has 3 aromatic rings. The van der Waals surface area contributed by atoms with E-state index in [2.05, 4.69) is 15.0 Å². The summed E-state index contributed by atoms with van der Waals surface area (Å²) in [5.41, 5.74) is -0.448. The van der Waals surface area contributed by atoms with E-state index in [1.54, 1.807) is 12.1 Å². The second-order valence-corrected chi connectivity index (χ2v) is 4.79. The molecule has 8 heteroatoms. The van der Waals surface area contributed by atoms with E-state index in [4.69, 9.17) is 4.74 Å². The lowest BCUT2D eigenvalue weighted by Gasteiger charge is -2.12. The van der Waals surface area contributed by atoms with E-state index in [-0.39, 0.29) is 22.3 Å². The van der Waals surface area contributed by atoms with Crippen LogP contribution in [0.25, 0.3) is 10.9 Å². The average Bonchev–Trinajstić information content (AvgIpc) is 2.59. The molecule has 2 heterocycles. The zero-order valence-corrected chi connectivity index (χ0v) is 12.3. The summed E-state index contributed by atoms with van der Waals surface area (Å²) in [5.74, 6) is -1.92. The van der Waals surface area contributed by atoms with Crippen LogP contribution in [0.15, 0.2) is 42.6 Å². The molecule has 0 saturated carbocycles. The number of aromatic nitrogens is 3. The van der Waals surface area contributed by atoms with E-state index in [9.17, 15) is 18.0 Å². The van der Waals surface area contributed by atoms with Gasteiger partial charge in [0.05, 0.1) is 18.0 Å². The number of benzene rings is 1. The minimum Gasteiger partial charge on any atom is -0.496 e. The van der Waals surface area contributed by atoms with Crippen molar-refractivity contribution in [2.75, 3.05) is 7.11 Å². The van der Waals surface area contributed by atoms with Crippen LogP contribution in [-0.4, -0.2) is 27.8 Å². The first-order valence-corrected chi connectivity index (χ1v) is 6.79. The Morgan fingerprint density at radius 1 is 1.08 bits per heavy atom. The van der Waals surface area contributed by atoms with Gasteiger partial charge >= 0.3 is 6.18 Å². The van der Waals surface area contributed by atoms with Crippen molar-refractivity contribution in [2.24, 2.45) is 0 Å². The van der Waals surface area contributed by atoms with E-state index < -0.39 is 23.5 Å². The Morgan fingerprint density at radius 2 is 1.88 bits per heavy atom. The lowest BCUT2D eigenvalue weighted by atomic mass is 10.1. The van der Waals surface area contributed by atoms with Gasteiger partial charge in [0.2, 0.25) is 11.6 Å². The maximum Gasteiger partial charge on any atom is 0.451 e. The van der Waals surface area contributed by atoms with Crippen molar-refractivity contribution in [3.05, 3.63) is 59.8 Å². The lowest BCUT2D eigenvalue weighted by molar-refractivity contribution is -0.144. The fourth-order valence-electron chi connectivity index (χ4n) is 2.23. The molecule has 0 radical (unpaired) electrons. The molecular formula is C16H10F3N3O2. The van der Waals surface area contributed by atoms with E-state index >= 15 is 0 Å². The zero-order valence-electron chi connectivity index (χ0n) is 12.3. The molecule has 0 unspecified atom stereocenters. The third kappa shape index (κ3) is 2.78. The molecule has 0 amide bonds. The van der Waals surface area contributed by atoms with Gasteiger partial charge in [0.15, 0.2) is 0 Å². The quantitative estimate of drug-likeness (QED) is 0.688. The summed E-state index contributed by atoms with van der Waals surface area (Å²) in [6.07, 6.45) is -3.41. The van der Waals surface area contributed by atoms with Crippen LogP contribution in [-0.2, 0) is 6.18 Å². The zero-order chi connectivity index (χ0) is 17.3. The predicted molar refractivity (Wildman–Crippen MR) is 78.8 cm³/mol. The van der Waals surface area contributed by atoms with Crippen molar-refractivity contribution in [1.29, 1.82) is 0 Å². The molecular weight excluding hydrogens is 323 g/mol. The van der Waals surface area contributed by atoms with Crippen LogP contribution < -0.4 is 4.74 Å². The van der Waals surface area contributed by atoms with Crippen molar-refractivity contribution in [1.82, 2.24) is 15.0 Å². The summed E-state index contributed by atoms with van der Waals surface area (Å²) in [5, 5.41) is 0.114. The van der Waals surface area contributed by atoms with E-state index in [1.807, 2.05) is 0 Å². The van der Waals surface area contributed by atoms with Crippen molar-refractivity contribution < 1.29 is 22.7 Å². The smallest absolute Gasteiger partial charge is 0.451 e. The molecule has 0 saturated heterocycles. The number of hydrogen-bond donors (Lipinski definition) is 0. The van der Waals surface area contributed by atoms with Crippen molar-refractivity contribution >= 4 is 16.7 Å². The minimum absolute atomic E-state index is 0.0171. The number of carbonyl (C=O) groups is 1. The molecule has 24 heavy (non-hydrogen) atoms. The number of ketones is 1. The fraction of sp³-hybridized carbons (Fsp3) is 0.125. The molecule has 5 nitrogen and oxygen atoms in total. The first-order chi connectivity index (χ1) is 11.4. The summed E-state index contributed by atoms with van der Waals surface area (Å²) in [4.78, 5) is 23.5. The van der Waals surface area contributed by atoms with Gasteiger partial charge in [-0.05, 0) is 24.3 Å². The summed E-state index contributed by atoms with van der Waals surface area (Å²) in [6, 6.07) is 8.93. The molecule has 0 spiro atoms. The maximum absolute atomic E-state index is 13.1. The van der Waals surface area contributed by atoms with Gasteiger partial charge in [0, 0.05) is 6.20 Å². The number of rotatable bonds is 3. The first-order valence-electron chi connectivity index (χ1n) is 6.79. The van der Waals surface area contributed by atoms with Crippen LogP contribution in [0.3, 0.4) is 0 Å². The van der Waals surface area contributed by atoms with Gasteiger partial charge < -0.3 is 4.74 Å². The lowest BCUT2D eigenvalue weighted by Crippen LogP contribution is -2.16. The largest absolute Gasteiger partial charge is 0.496 e. The predicted octanol–water partition coefficient (Wildman–Crippen LogP) is 3.28. The average molecular weight is 333 g/mol. The third-order valence-corrected chi connectivity index (χ3v) is 3.27. The number of methoxy groups -OCH3 is 1. The Kier molecular flexibility index (Phi) is 3.88. The van der Waals surface area contributed by atoms with Gasteiger partial charge in [-0.1, -0.05) is 12.1 Å². The first kappa shape index (κ1) is 15.9. The van der Waals surface area contributed by atoms with Gasteiger partial charge in [-0.3, -0.25) is 9.78 Å². The second-order valence-electron chi connectivity index (χ2n) is 4.79. The highest BCUT2D eigenvalue weighted by molar-refractivity contribution is 6.14. The van der Waals surface area contributed by atoms with E-state index in [0.29, 0.717) is 0 Å². The number of fused-ring (bicyclic) bond motifs is 1. The summed E-state index contributed by atoms with van der Waals surface area (Å²) in [7, 11) is 1.35. The molecule has 1 aromatic carbocycles. The van der Waals surface area contributed by atoms with Crippen molar-refractivity contribution in [3.8, 4) is 5.75 Å². The fourth-order valence-corrected chi connectivity index (χ4v) is 2.23. The Morgan fingerprint density at radius 3 is 2.50 bits per heavy atom. The highest BCUT2D eigenvalue weighted by Gasteiger charge is 2.36. The number of ether oxygens (including phenoxy) is 1. The summed E-state index contributed by atoms with van der Waals surface area (Å²) >= 11 is 0. The molecule has 0 bridgehead atoms. The number of hydrogen-bond acceptors (Lipinski definition) is 5. The maximum atomic E-state index is 13.1. The van der Waals surface area contributed by atoms with Crippen LogP contribution in [0, 0.1) is 0 Å². The van der Waals surface area contributed by atoms with Crippen LogP contribution in [0.2, 0.25) is 0 Å². The van der Waals surface area contributed by atoms with Crippen LogP contribution in [0.5, 0.6) is 5.75 Å². The molecule has 122 valence electrons. The molecule has 0 aliphatic carbocycles. The highest BCUT2D eigenvalue weighted by Crippen LogP contribution is 2.32. The normalized spacial score (nSPS) is 11.5. The number of carbonyl (C=O) groups excluding carboxylic acids is 1. The Balaban J connectivity index is 2.33. The van der Waals surface area contributed by atoms with Crippen LogP contribution >= 0.6 is 0 Å². The van der Waals surface area contributed by atoms with Gasteiger partial charge in [0.1, 0.15) is 17.1 Å². The van der Waals surface area contributed by atoms with E-state index in [1.165, 1.54) is 37.6 Å². The molecule has 0 aliphatic rings. The topological polar surface area (TPSA) is 65.0 Å². The third-order valence-electron chi connectivity index (χ3n) is 3.27. The van der Waals surface area contributed by atoms with Gasteiger partial charge in [-0.2, -0.15) is 13.2 Å². The van der Waals surface area contributed by atoms with Crippen molar-refractivity contribution in [2.45, 2.75) is 6.18 Å². The number of alkyl halides is 3. The van der Waals surface area contributed by atoms with Gasteiger partial charge in [0.25, 0.3) is 0 Å². The molecule has 0 fully saturated rings. The number of halogens is 3. The van der Waals surface area contributed by atoms with Crippen LogP contribution in [0.4, 0.5) is 13.2 Å². The van der Waals surface area contributed by atoms with Crippen molar-refractivity contribution in [3.63, 3.8) is 0 Å². The van der Waals surface area contributed by atoms with Gasteiger partial charge in [-0.15, -0.1) is 0 Å². The number of pyridine rings is 1. The Bertz CT molecular complexity index is 912. The second kappa shape index (κ2) is 5.88. The van der Waals surface area contributed by atoms with E-state index in [0.717, 1.165) is 0 Å². The molecule has 0 aliphatic heterocycles. The minimum atomic E-state index is -4.78.